The minimum absolute atomic E-state index is 0.0719. The first-order valence-electron chi connectivity index (χ1n) is 8.38. The predicted molar refractivity (Wildman–Crippen MR) is 97.5 cm³/mol. The van der Waals surface area contributed by atoms with Crippen molar-refractivity contribution in [3.8, 4) is 11.5 Å². The topological polar surface area (TPSA) is 101 Å². The third-order valence-corrected chi connectivity index (χ3v) is 5.82. The van der Waals surface area contributed by atoms with Gasteiger partial charge in [0.15, 0.2) is 11.5 Å². The number of sulfonamides is 1. The number of fused-ring (bicyclic) bond motifs is 1. The summed E-state index contributed by atoms with van der Waals surface area (Å²) in [5, 5.41) is 0. The summed E-state index contributed by atoms with van der Waals surface area (Å²) in [5.74, 6) is 1.14. The molecule has 0 saturated carbocycles. The number of nitrogens with one attached hydrogen (secondary N) is 1. The van der Waals surface area contributed by atoms with E-state index in [9.17, 15) is 13.2 Å². The zero-order valence-electron chi connectivity index (χ0n) is 14.4. The molecule has 4 rings (SSSR count). The molecule has 0 radical (unpaired) electrons. The van der Waals surface area contributed by atoms with Gasteiger partial charge in [0.1, 0.15) is 5.82 Å². The third kappa shape index (κ3) is 3.61. The van der Waals surface area contributed by atoms with Crippen molar-refractivity contribution in [3.63, 3.8) is 0 Å². The van der Waals surface area contributed by atoms with E-state index < -0.39 is 10.0 Å². The SMILES string of the molecule is O=CN1CCN(c2ccc(NS(=O)(=O)c3ccc4c(c3)OCO4)nc2)CC1. The molecule has 142 valence electrons. The number of pyridine rings is 1. The van der Waals surface area contributed by atoms with E-state index in [0.717, 1.165) is 12.1 Å². The van der Waals surface area contributed by atoms with Crippen LogP contribution in [0.2, 0.25) is 0 Å². The van der Waals surface area contributed by atoms with Gasteiger partial charge in [-0.1, -0.05) is 0 Å². The normalized spacial score (nSPS) is 16.3. The zero-order chi connectivity index (χ0) is 18.9. The molecule has 0 atom stereocenters. The summed E-state index contributed by atoms with van der Waals surface area (Å²) in [6, 6.07) is 7.86. The summed E-state index contributed by atoms with van der Waals surface area (Å²) >= 11 is 0. The molecule has 1 amide bonds. The van der Waals surface area contributed by atoms with Crippen LogP contribution in [0.4, 0.5) is 11.5 Å². The van der Waals surface area contributed by atoms with Gasteiger partial charge >= 0.3 is 0 Å². The van der Waals surface area contributed by atoms with Gasteiger partial charge < -0.3 is 19.3 Å². The molecule has 0 unspecified atom stereocenters. The fourth-order valence-corrected chi connectivity index (χ4v) is 3.98. The maximum atomic E-state index is 12.6. The van der Waals surface area contributed by atoms with Crippen LogP contribution in [-0.2, 0) is 14.8 Å². The number of ether oxygens (including phenoxy) is 2. The molecule has 27 heavy (non-hydrogen) atoms. The maximum Gasteiger partial charge on any atom is 0.263 e. The summed E-state index contributed by atoms with van der Waals surface area (Å²) < 4.78 is 38.0. The second-order valence-corrected chi connectivity index (χ2v) is 7.83. The number of hydrogen-bond acceptors (Lipinski definition) is 7. The molecule has 0 aliphatic carbocycles. The highest BCUT2D eigenvalue weighted by atomic mass is 32.2. The molecule has 1 aromatic heterocycles. The Bertz CT molecular complexity index is 940. The van der Waals surface area contributed by atoms with Gasteiger partial charge in [-0.05, 0) is 24.3 Å². The Hall–Kier alpha value is -3.01. The van der Waals surface area contributed by atoms with Crippen molar-refractivity contribution in [2.45, 2.75) is 4.90 Å². The molecular weight excluding hydrogens is 372 g/mol. The minimum Gasteiger partial charge on any atom is -0.454 e. The van der Waals surface area contributed by atoms with Crippen LogP contribution < -0.4 is 19.1 Å². The molecule has 0 bridgehead atoms. The Morgan fingerprint density at radius 2 is 1.81 bits per heavy atom. The Balaban J connectivity index is 1.45. The van der Waals surface area contributed by atoms with E-state index in [-0.39, 0.29) is 17.5 Å². The molecule has 2 aliphatic heterocycles. The summed E-state index contributed by atoms with van der Waals surface area (Å²) in [6.07, 6.45) is 2.47. The lowest BCUT2D eigenvalue weighted by molar-refractivity contribution is -0.118. The zero-order valence-corrected chi connectivity index (χ0v) is 15.2. The smallest absolute Gasteiger partial charge is 0.263 e. The van der Waals surface area contributed by atoms with Gasteiger partial charge in [-0.15, -0.1) is 0 Å². The fraction of sp³-hybridized carbons (Fsp3) is 0.294. The lowest BCUT2D eigenvalue weighted by Crippen LogP contribution is -2.45. The number of carbonyl (C=O) groups is 1. The van der Waals surface area contributed by atoms with Gasteiger partial charge in [-0.25, -0.2) is 13.4 Å². The van der Waals surface area contributed by atoms with Crippen LogP contribution in [0.25, 0.3) is 0 Å². The van der Waals surface area contributed by atoms with Gasteiger partial charge in [0.05, 0.1) is 16.8 Å². The number of amides is 1. The summed E-state index contributed by atoms with van der Waals surface area (Å²) in [5.41, 5.74) is 0.881. The van der Waals surface area contributed by atoms with Crippen LogP contribution in [0.5, 0.6) is 11.5 Å². The molecule has 2 aliphatic rings. The highest BCUT2D eigenvalue weighted by Gasteiger charge is 2.21. The molecule has 0 spiro atoms. The maximum absolute atomic E-state index is 12.6. The highest BCUT2D eigenvalue weighted by Crippen LogP contribution is 2.34. The molecule has 1 aromatic carbocycles. The number of nitrogens with zero attached hydrogens (tertiary/aromatic N) is 3. The van der Waals surface area contributed by atoms with E-state index in [1.54, 1.807) is 29.3 Å². The van der Waals surface area contributed by atoms with Crippen molar-refractivity contribution in [1.82, 2.24) is 9.88 Å². The molecule has 1 N–H and O–H groups in total. The van der Waals surface area contributed by atoms with Gasteiger partial charge in [-0.3, -0.25) is 9.52 Å². The monoisotopic (exact) mass is 390 g/mol. The summed E-state index contributed by atoms with van der Waals surface area (Å²) in [4.78, 5) is 18.9. The number of benzene rings is 1. The summed E-state index contributed by atoms with van der Waals surface area (Å²) in [6.45, 7) is 2.81. The Kier molecular flexibility index (Phi) is 4.48. The lowest BCUT2D eigenvalue weighted by Gasteiger charge is -2.33. The molecule has 2 aromatic rings. The molecular formula is C17H18N4O5S. The molecule has 1 saturated heterocycles. The molecule has 3 heterocycles. The van der Waals surface area contributed by atoms with E-state index in [4.69, 9.17) is 9.47 Å². The highest BCUT2D eigenvalue weighted by molar-refractivity contribution is 7.92. The average Bonchev–Trinajstić information content (AvgIpc) is 3.16. The van der Waals surface area contributed by atoms with Crippen molar-refractivity contribution in [1.29, 1.82) is 0 Å². The average molecular weight is 390 g/mol. The van der Waals surface area contributed by atoms with Crippen LogP contribution in [-0.4, -0.2) is 57.7 Å². The van der Waals surface area contributed by atoms with Crippen LogP contribution in [0.1, 0.15) is 0 Å². The number of piperazine rings is 1. The number of rotatable bonds is 5. The van der Waals surface area contributed by atoms with E-state index in [1.807, 2.05) is 0 Å². The summed E-state index contributed by atoms with van der Waals surface area (Å²) in [7, 11) is -3.79. The van der Waals surface area contributed by atoms with Crippen molar-refractivity contribution in [2.24, 2.45) is 0 Å². The Morgan fingerprint density at radius 1 is 1.04 bits per heavy atom. The molecule has 1 fully saturated rings. The van der Waals surface area contributed by atoms with E-state index in [0.29, 0.717) is 37.7 Å². The number of aromatic nitrogens is 1. The second kappa shape index (κ2) is 6.95. The fourth-order valence-electron chi connectivity index (χ4n) is 2.96. The van der Waals surface area contributed by atoms with Gasteiger partial charge in [-0.2, -0.15) is 0 Å². The van der Waals surface area contributed by atoms with E-state index in [1.165, 1.54) is 12.1 Å². The van der Waals surface area contributed by atoms with E-state index >= 15 is 0 Å². The van der Waals surface area contributed by atoms with Crippen LogP contribution in [0, 0.1) is 0 Å². The van der Waals surface area contributed by atoms with Crippen LogP contribution >= 0.6 is 0 Å². The number of hydrogen-bond donors (Lipinski definition) is 1. The predicted octanol–water partition coefficient (Wildman–Crippen LogP) is 0.889. The van der Waals surface area contributed by atoms with Crippen LogP contribution in [0.3, 0.4) is 0 Å². The van der Waals surface area contributed by atoms with Crippen molar-refractivity contribution in [2.75, 3.05) is 42.6 Å². The van der Waals surface area contributed by atoms with Gasteiger partial charge in [0, 0.05) is 32.2 Å². The van der Waals surface area contributed by atoms with E-state index in [2.05, 4.69) is 14.6 Å². The lowest BCUT2D eigenvalue weighted by atomic mass is 10.3. The van der Waals surface area contributed by atoms with Crippen molar-refractivity contribution in [3.05, 3.63) is 36.5 Å². The Labute approximate surface area is 156 Å². The first kappa shape index (κ1) is 17.4. The quantitative estimate of drug-likeness (QED) is 0.757. The molecule has 9 nitrogen and oxygen atoms in total. The Morgan fingerprint density at radius 3 is 2.52 bits per heavy atom. The van der Waals surface area contributed by atoms with Crippen molar-refractivity contribution < 1.29 is 22.7 Å². The second-order valence-electron chi connectivity index (χ2n) is 6.15. The van der Waals surface area contributed by atoms with Crippen LogP contribution in [0.15, 0.2) is 41.4 Å². The molecule has 10 heteroatoms. The van der Waals surface area contributed by atoms with Gasteiger partial charge in [0.2, 0.25) is 13.2 Å². The minimum atomic E-state index is -3.79. The van der Waals surface area contributed by atoms with Crippen molar-refractivity contribution >= 4 is 27.9 Å². The first-order chi connectivity index (χ1) is 13.0. The van der Waals surface area contributed by atoms with Gasteiger partial charge in [0.25, 0.3) is 10.0 Å². The first-order valence-corrected chi connectivity index (χ1v) is 9.86. The number of anilines is 2. The third-order valence-electron chi connectivity index (χ3n) is 4.47. The largest absolute Gasteiger partial charge is 0.454 e. The number of carbonyl (C=O) groups excluding carboxylic acids is 1. The standard InChI is InChI=1S/C17H18N4O5S/c22-11-20-5-7-21(8-6-20)13-1-4-17(18-10-13)19-27(23,24)14-2-3-15-16(9-14)26-12-25-15/h1-4,9-11H,5-8,12H2,(H,18,19).